The minimum atomic E-state index is -0.981. The van der Waals surface area contributed by atoms with E-state index >= 15 is 0 Å². The topological polar surface area (TPSA) is 163 Å². The van der Waals surface area contributed by atoms with Crippen molar-refractivity contribution >= 4 is 23.6 Å². The van der Waals surface area contributed by atoms with E-state index in [9.17, 15) is 29.5 Å². The Labute approximate surface area is 191 Å². The molecule has 12 heteroatoms. The Hall–Kier alpha value is -2.93. The molecular weight excluding hydrogens is 434 g/mol. The highest BCUT2D eigenvalue weighted by Gasteiger charge is 2.22. The molecule has 182 valence electrons. The average molecular weight is 466 g/mol. The standard InChI is InChI=1S/C21H31N5O7/c27-19(28)12-22-18(11-16-1-3-17(23-33)4-2-16)13-24-5-7-25(14-20(29)30)9-10-26(8-6-24)15-21(31)32/h1-4,18,22H,5-15H2,(H,27,28)(H,29,30)(H,31,32). The van der Waals surface area contributed by atoms with E-state index in [1.54, 1.807) is 34.1 Å². The Morgan fingerprint density at radius 1 is 0.818 bits per heavy atom. The fourth-order valence-electron chi connectivity index (χ4n) is 3.79. The molecule has 1 unspecified atom stereocenters. The van der Waals surface area contributed by atoms with E-state index in [4.69, 9.17) is 5.11 Å². The highest BCUT2D eigenvalue weighted by atomic mass is 16.4. The first kappa shape index (κ1) is 26.3. The van der Waals surface area contributed by atoms with Crippen LogP contribution in [-0.4, -0.2) is 119 Å². The molecule has 1 atom stereocenters. The Morgan fingerprint density at radius 3 is 1.73 bits per heavy atom. The van der Waals surface area contributed by atoms with E-state index in [1.807, 2.05) is 0 Å². The van der Waals surface area contributed by atoms with Gasteiger partial charge in [-0.05, 0) is 29.3 Å². The summed E-state index contributed by atoms with van der Waals surface area (Å²) >= 11 is 0. The summed E-state index contributed by atoms with van der Waals surface area (Å²) in [6.45, 7) is 3.03. The molecule has 12 nitrogen and oxygen atoms in total. The van der Waals surface area contributed by atoms with Crippen LogP contribution in [0.1, 0.15) is 5.56 Å². The third kappa shape index (κ3) is 10.5. The molecule has 0 bridgehead atoms. The van der Waals surface area contributed by atoms with Gasteiger partial charge in [0.25, 0.3) is 0 Å². The van der Waals surface area contributed by atoms with Gasteiger partial charge < -0.3 is 20.6 Å². The number of rotatable bonds is 12. The summed E-state index contributed by atoms with van der Waals surface area (Å²) in [7, 11) is 0. The van der Waals surface area contributed by atoms with Gasteiger partial charge in [-0.25, -0.2) is 0 Å². The maximum Gasteiger partial charge on any atom is 0.317 e. The second kappa shape index (κ2) is 13.6. The minimum absolute atomic E-state index is 0.132. The van der Waals surface area contributed by atoms with E-state index in [1.165, 1.54) is 0 Å². The van der Waals surface area contributed by atoms with Crippen molar-refractivity contribution in [2.75, 3.05) is 65.4 Å². The van der Waals surface area contributed by atoms with Gasteiger partial charge in [-0.3, -0.25) is 29.1 Å². The van der Waals surface area contributed by atoms with Crippen LogP contribution in [0.15, 0.2) is 29.4 Å². The predicted molar refractivity (Wildman–Crippen MR) is 120 cm³/mol. The van der Waals surface area contributed by atoms with Crippen LogP contribution in [0.5, 0.6) is 0 Å². The highest BCUT2D eigenvalue weighted by molar-refractivity contribution is 5.69. The molecule has 1 aromatic carbocycles. The van der Waals surface area contributed by atoms with E-state index in [-0.39, 0.29) is 25.7 Å². The summed E-state index contributed by atoms with van der Waals surface area (Å²) in [5.41, 5.74) is 1.22. The molecule has 1 heterocycles. The molecule has 1 saturated heterocycles. The number of hydrogen-bond donors (Lipinski definition) is 4. The second-order valence-electron chi connectivity index (χ2n) is 8.07. The smallest absolute Gasteiger partial charge is 0.317 e. The molecule has 0 radical (unpaired) electrons. The number of carboxylic acid groups (broad SMARTS) is 3. The number of benzene rings is 1. The number of nitrogens with zero attached hydrogens (tertiary/aromatic N) is 4. The Bertz CT molecular complexity index is 777. The van der Waals surface area contributed by atoms with E-state index < -0.39 is 17.9 Å². The maximum atomic E-state index is 11.2. The summed E-state index contributed by atoms with van der Waals surface area (Å²) in [4.78, 5) is 49.8. The lowest BCUT2D eigenvalue weighted by molar-refractivity contribution is -0.140. The number of aliphatic carboxylic acids is 3. The molecule has 0 aliphatic carbocycles. The molecule has 1 aromatic rings. The van der Waals surface area contributed by atoms with Crippen LogP contribution in [0.4, 0.5) is 5.69 Å². The summed E-state index contributed by atoms with van der Waals surface area (Å²) in [6, 6.07) is 6.52. The van der Waals surface area contributed by atoms with Gasteiger partial charge in [-0.15, -0.1) is 4.91 Å². The number of hydrogen-bond acceptors (Lipinski definition) is 9. The molecule has 1 aliphatic rings. The predicted octanol–water partition coefficient (Wildman–Crippen LogP) is -0.241. The van der Waals surface area contributed by atoms with Crippen LogP contribution in [0.25, 0.3) is 0 Å². The fraction of sp³-hybridized carbons (Fsp3) is 0.571. The molecule has 33 heavy (non-hydrogen) atoms. The molecule has 0 amide bonds. The molecule has 1 fully saturated rings. The zero-order chi connectivity index (χ0) is 24.2. The van der Waals surface area contributed by atoms with Crippen LogP contribution in [0.3, 0.4) is 0 Å². The first-order chi connectivity index (χ1) is 15.7. The van der Waals surface area contributed by atoms with Crippen molar-refractivity contribution in [1.82, 2.24) is 20.0 Å². The molecule has 1 aliphatic heterocycles. The summed E-state index contributed by atoms with van der Waals surface area (Å²) in [6.07, 6.45) is 0.514. The molecule has 0 saturated carbocycles. The van der Waals surface area contributed by atoms with Gasteiger partial charge in [-0.2, -0.15) is 0 Å². The van der Waals surface area contributed by atoms with Gasteiger partial charge >= 0.3 is 17.9 Å². The number of nitroso groups, excluding NO2 is 1. The lowest BCUT2D eigenvalue weighted by Gasteiger charge is -2.29. The SMILES string of the molecule is O=Nc1ccc(CC(CN2CCN(CC(=O)O)CCN(CC(=O)O)CC2)NCC(=O)O)cc1. The highest BCUT2D eigenvalue weighted by Crippen LogP contribution is 2.14. The third-order valence-electron chi connectivity index (χ3n) is 5.46. The average Bonchev–Trinajstić information content (AvgIpc) is 2.84. The van der Waals surface area contributed by atoms with Crippen molar-refractivity contribution in [1.29, 1.82) is 0 Å². The molecule has 0 aromatic heterocycles. The number of nitrogens with one attached hydrogen (secondary N) is 1. The van der Waals surface area contributed by atoms with Gasteiger partial charge in [0.05, 0.1) is 19.6 Å². The van der Waals surface area contributed by atoms with Crippen LogP contribution in [0.2, 0.25) is 0 Å². The lowest BCUT2D eigenvalue weighted by atomic mass is 10.0. The van der Waals surface area contributed by atoms with Gasteiger partial charge in [0, 0.05) is 51.9 Å². The van der Waals surface area contributed by atoms with Crippen LogP contribution < -0.4 is 5.32 Å². The second-order valence-corrected chi connectivity index (χ2v) is 8.07. The van der Waals surface area contributed by atoms with Crippen molar-refractivity contribution in [3.05, 3.63) is 34.7 Å². The Kier molecular flexibility index (Phi) is 10.8. The maximum absolute atomic E-state index is 11.2. The molecule has 2 rings (SSSR count). The minimum Gasteiger partial charge on any atom is -0.480 e. The molecular formula is C21H31N5O7. The first-order valence-corrected chi connectivity index (χ1v) is 10.7. The zero-order valence-corrected chi connectivity index (χ0v) is 18.4. The van der Waals surface area contributed by atoms with Crippen LogP contribution in [-0.2, 0) is 20.8 Å². The largest absolute Gasteiger partial charge is 0.480 e. The van der Waals surface area contributed by atoms with Crippen molar-refractivity contribution in [2.24, 2.45) is 5.18 Å². The third-order valence-corrected chi connectivity index (χ3v) is 5.46. The van der Waals surface area contributed by atoms with Crippen LogP contribution in [0, 0.1) is 4.91 Å². The molecule has 0 spiro atoms. The van der Waals surface area contributed by atoms with E-state index in [0.717, 1.165) is 5.56 Å². The van der Waals surface area contributed by atoms with Gasteiger partial charge in [0.1, 0.15) is 5.69 Å². The Balaban J connectivity index is 2.11. The quantitative estimate of drug-likeness (QED) is 0.301. The van der Waals surface area contributed by atoms with Crippen molar-refractivity contribution in [3.8, 4) is 0 Å². The first-order valence-electron chi connectivity index (χ1n) is 10.7. The number of carboxylic acids is 3. The summed E-state index contributed by atoms with van der Waals surface area (Å²) < 4.78 is 0. The molecule has 4 N–H and O–H groups in total. The van der Waals surface area contributed by atoms with Crippen molar-refractivity contribution in [2.45, 2.75) is 12.5 Å². The van der Waals surface area contributed by atoms with E-state index in [2.05, 4.69) is 15.4 Å². The van der Waals surface area contributed by atoms with Crippen LogP contribution >= 0.6 is 0 Å². The number of carbonyl (C=O) groups is 3. The fourth-order valence-corrected chi connectivity index (χ4v) is 3.79. The monoisotopic (exact) mass is 465 g/mol. The normalized spacial score (nSPS) is 17.5. The van der Waals surface area contributed by atoms with Crippen molar-refractivity contribution < 1.29 is 29.7 Å². The lowest BCUT2D eigenvalue weighted by Crippen LogP contribution is -2.47. The van der Waals surface area contributed by atoms with Gasteiger partial charge in [0.15, 0.2) is 0 Å². The zero-order valence-electron chi connectivity index (χ0n) is 18.4. The van der Waals surface area contributed by atoms with Gasteiger partial charge in [0.2, 0.25) is 0 Å². The van der Waals surface area contributed by atoms with E-state index in [0.29, 0.717) is 57.9 Å². The van der Waals surface area contributed by atoms with Gasteiger partial charge in [-0.1, -0.05) is 12.1 Å². The summed E-state index contributed by atoms with van der Waals surface area (Å²) in [5.74, 6) is -2.87. The summed E-state index contributed by atoms with van der Waals surface area (Å²) in [5, 5.41) is 33.4. The Morgan fingerprint density at radius 2 is 1.30 bits per heavy atom. The van der Waals surface area contributed by atoms with Crippen molar-refractivity contribution in [3.63, 3.8) is 0 Å².